The van der Waals surface area contributed by atoms with Crippen molar-refractivity contribution in [3.8, 4) is 0 Å². The largest absolute Gasteiger partial charge is 0.140 e. The maximum atomic E-state index is 2.34. The van der Waals surface area contributed by atoms with Crippen LogP contribution < -0.4 is 0 Å². The number of fused-ring (bicyclic) bond motifs is 1. The van der Waals surface area contributed by atoms with Gasteiger partial charge in [-0.15, -0.1) is 11.3 Å². The molecule has 0 fully saturated rings. The maximum absolute atomic E-state index is 2.34. The highest BCUT2D eigenvalue weighted by atomic mass is 32.1. The standard InChI is InChI=1S/C14H18S/c1-10(14(2,3)4)13-9-11-7-5-6-8-12(11)15-13/h5-10H,1-4H3. The van der Waals surface area contributed by atoms with Crippen molar-refractivity contribution in [2.45, 2.75) is 33.6 Å². The minimum absolute atomic E-state index is 0.348. The van der Waals surface area contributed by atoms with Crippen molar-refractivity contribution >= 4 is 21.4 Å². The zero-order valence-corrected chi connectivity index (χ0v) is 10.7. The van der Waals surface area contributed by atoms with Gasteiger partial charge < -0.3 is 0 Å². The Balaban J connectivity index is 2.45. The van der Waals surface area contributed by atoms with Gasteiger partial charge in [0, 0.05) is 9.58 Å². The lowest BCUT2D eigenvalue weighted by Crippen LogP contribution is -2.13. The molecule has 80 valence electrons. The van der Waals surface area contributed by atoms with Gasteiger partial charge >= 0.3 is 0 Å². The highest BCUT2D eigenvalue weighted by Gasteiger charge is 2.23. The quantitative estimate of drug-likeness (QED) is 0.628. The van der Waals surface area contributed by atoms with E-state index < -0.39 is 0 Å². The molecule has 0 spiro atoms. The van der Waals surface area contributed by atoms with Crippen LogP contribution in [0, 0.1) is 5.41 Å². The van der Waals surface area contributed by atoms with Crippen LogP contribution >= 0.6 is 11.3 Å². The first-order valence-electron chi connectivity index (χ1n) is 5.47. The Kier molecular flexibility index (Phi) is 2.59. The van der Waals surface area contributed by atoms with E-state index >= 15 is 0 Å². The number of hydrogen-bond donors (Lipinski definition) is 0. The zero-order chi connectivity index (χ0) is 11.1. The molecular formula is C14H18S. The average molecular weight is 218 g/mol. The Morgan fingerprint density at radius 2 is 1.80 bits per heavy atom. The summed E-state index contributed by atoms with van der Waals surface area (Å²) in [6.45, 7) is 9.25. The second-order valence-electron chi connectivity index (χ2n) is 5.27. The normalized spacial score (nSPS) is 14.4. The summed E-state index contributed by atoms with van der Waals surface area (Å²) in [5.74, 6) is 0.620. The van der Waals surface area contributed by atoms with Crippen LogP contribution in [-0.2, 0) is 0 Å². The van der Waals surface area contributed by atoms with Crippen molar-refractivity contribution in [3.63, 3.8) is 0 Å². The van der Waals surface area contributed by atoms with E-state index in [9.17, 15) is 0 Å². The van der Waals surface area contributed by atoms with Crippen LogP contribution in [0.5, 0.6) is 0 Å². The number of rotatable bonds is 1. The molecule has 1 atom stereocenters. The summed E-state index contributed by atoms with van der Waals surface area (Å²) in [6, 6.07) is 11.0. The van der Waals surface area contributed by atoms with Gasteiger partial charge in [-0.2, -0.15) is 0 Å². The zero-order valence-electron chi connectivity index (χ0n) is 9.87. The Labute approximate surface area is 95.9 Å². The summed E-state index contributed by atoms with van der Waals surface area (Å²) in [7, 11) is 0. The molecule has 2 aromatic rings. The molecule has 0 bridgehead atoms. The highest BCUT2D eigenvalue weighted by Crippen LogP contribution is 2.39. The molecule has 0 aliphatic carbocycles. The van der Waals surface area contributed by atoms with Crippen molar-refractivity contribution in [2.75, 3.05) is 0 Å². The smallest absolute Gasteiger partial charge is 0.0345 e. The monoisotopic (exact) mass is 218 g/mol. The third kappa shape index (κ3) is 2.07. The van der Waals surface area contributed by atoms with Crippen LogP contribution in [0.2, 0.25) is 0 Å². The van der Waals surface area contributed by atoms with Gasteiger partial charge in [0.25, 0.3) is 0 Å². The fourth-order valence-electron chi connectivity index (χ4n) is 1.64. The predicted molar refractivity (Wildman–Crippen MR) is 69.7 cm³/mol. The van der Waals surface area contributed by atoms with Crippen molar-refractivity contribution < 1.29 is 0 Å². The lowest BCUT2D eigenvalue weighted by Gasteiger charge is -2.26. The second kappa shape index (κ2) is 3.64. The maximum Gasteiger partial charge on any atom is 0.0345 e. The van der Waals surface area contributed by atoms with Crippen LogP contribution in [0.15, 0.2) is 30.3 Å². The molecule has 0 aliphatic heterocycles. The number of benzene rings is 1. The summed E-state index contributed by atoms with van der Waals surface area (Å²) < 4.78 is 1.41. The van der Waals surface area contributed by atoms with E-state index in [1.165, 1.54) is 15.0 Å². The fourth-order valence-corrected chi connectivity index (χ4v) is 3.00. The fraction of sp³-hybridized carbons (Fsp3) is 0.429. The van der Waals surface area contributed by atoms with E-state index in [1.54, 1.807) is 0 Å². The molecule has 0 nitrogen and oxygen atoms in total. The molecule has 0 N–H and O–H groups in total. The van der Waals surface area contributed by atoms with E-state index in [0.717, 1.165) is 0 Å². The Morgan fingerprint density at radius 3 is 2.40 bits per heavy atom. The summed E-state index contributed by atoms with van der Waals surface area (Å²) in [5.41, 5.74) is 0.348. The molecule has 1 unspecified atom stereocenters. The third-order valence-electron chi connectivity index (χ3n) is 3.17. The molecule has 2 rings (SSSR count). The summed E-state index contributed by atoms with van der Waals surface area (Å²) >= 11 is 1.93. The first-order chi connectivity index (χ1) is 6.98. The van der Waals surface area contributed by atoms with Crippen molar-refractivity contribution in [2.24, 2.45) is 5.41 Å². The highest BCUT2D eigenvalue weighted by molar-refractivity contribution is 7.19. The molecule has 1 aromatic heterocycles. The Hall–Kier alpha value is -0.820. The molecular weight excluding hydrogens is 200 g/mol. The molecule has 1 aromatic carbocycles. The van der Waals surface area contributed by atoms with Gasteiger partial charge in [0.05, 0.1) is 0 Å². The average Bonchev–Trinajstić information content (AvgIpc) is 2.58. The second-order valence-corrected chi connectivity index (χ2v) is 6.39. The minimum atomic E-state index is 0.348. The van der Waals surface area contributed by atoms with Gasteiger partial charge in [0.15, 0.2) is 0 Å². The first kappa shape index (κ1) is 10.7. The number of thiophene rings is 1. The molecule has 0 saturated carbocycles. The van der Waals surface area contributed by atoms with Crippen molar-refractivity contribution in [3.05, 3.63) is 35.2 Å². The topological polar surface area (TPSA) is 0 Å². The molecule has 1 heteroatoms. The summed E-state index contributed by atoms with van der Waals surface area (Å²) in [4.78, 5) is 1.50. The summed E-state index contributed by atoms with van der Waals surface area (Å²) in [5, 5.41) is 1.38. The lowest BCUT2D eigenvalue weighted by molar-refractivity contribution is 0.343. The molecule has 0 radical (unpaired) electrons. The van der Waals surface area contributed by atoms with Crippen LogP contribution in [0.1, 0.15) is 38.5 Å². The first-order valence-corrected chi connectivity index (χ1v) is 6.28. The van der Waals surface area contributed by atoms with E-state index in [4.69, 9.17) is 0 Å². The van der Waals surface area contributed by atoms with Gasteiger partial charge in [0.1, 0.15) is 0 Å². The molecule has 0 saturated heterocycles. The van der Waals surface area contributed by atoms with Gasteiger partial charge in [-0.25, -0.2) is 0 Å². The molecule has 0 aliphatic rings. The van der Waals surface area contributed by atoms with Crippen molar-refractivity contribution in [1.82, 2.24) is 0 Å². The molecule has 1 heterocycles. The predicted octanol–water partition coefficient (Wildman–Crippen LogP) is 5.05. The molecule has 0 amide bonds. The number of hydrogen-bond acceptors (Lipinski definition) is 1. The van der Waals surface area contributed by atoms with Gasteiger partial charge in [-0.05, 0) is 28.9 Å². The lowest BCUT2D eigenvalue weighted by atomic mass is 9.81. The van der Waals surface area contributed by atoms with Gasteiger partial charge in [-0.3, -0.25) is 0 Å². The third-order valence-corrected chi connectivity index (χ3v) is 4.47. The van der Waals surface area contributed by atoms with E-state index in [2.05, 4.69) is 58.0 Å². The summed E-state index contributed by atoms with van der Waals surface area (Å²) in [6.07, 6.45) is 0. The van der Waals surface area contributed by atoms with Crippen LogP contribution in [0.4, 0.5) is 0 Å². The van der Waals surface area contributed by atoms with Gasteiger partial charge in [-0.1, -0.05) is 45.9 Å². The van der Waals surface area contributed by atoms with Crippen LogP contribution in [0.25, 0.3) is 10.1 Å². The Morgan fingerprint density at radius 1 is 1.13 bits per heavy atom. The van der Waals surface area contributed by atoms with E-state index in [0.29, 0.717) is 11.3 Å². The van der Waals surface area contributed by atoms with Crippen molar-refractivity contribution in [1.29, 1.82) is 0 Å². The minimum Gasteiger partial charge on any atom is -0.140 e. The van der Waals surface area contributed by atoms with Crippen LogP contribution in [-0.4, -0.2) is 0 Å². The van der Waals surface area contributed by atoms with Crippen LogP contribution in [0.3, 0.4) is 0 Å². The Bertz CT molecular complexity index is 426. The van der Waals surface area contributed by atoms with E-state index in [1.807, 2.05) is 11.3 Å². The van der Waals surface area contributed by atoms with Gasteiger partial charge in [0.2, 0.25) is 0 Å². The molecule has 15 heavy (non-hydrogen) atoms. The van der Waals surface area contributed by atoms with E-state index in [-0.39, 0.29) is 0 Å². The SMILES string of the molecule is CC(c1cc2ccccc2s1)C(C)(C)C.